The maximum atomic E-state index is 13.7. The van der Waals surface area contributed by atoms with Crippen molar-refractivity contribution in [3.05, 3.63) is 64.6 Å². The average molecular weight is 597 g/mol. The van der Waals surface area contributed by atoms with Crippen LogP contribution in [0.15, 0.2) is 53.3 Å². The molecule has 3 amide bonds. The SMILES string of the molecule is COc1ccc(CN2C(=O)CCC(n3c(=O)n(CCOCCOCCNC(=O)OC(C)(C)C)c4ccccc43)C2=O)cc1. The Labute approximate surface area is 250 Å². The van der Waals surface area contributed by atoms with Gasteiger partial charge in [-0.15, -0.1) is 0 Å². The molecule has 4 rings (SSSR count). The zero-order chi connectivity index (χ0) is 31.0. The standard InChI is InChI=1S/C31H40N4O8/c1-31(2,3)43-29(38)32-15-17-41-19-20-42-18-16-33-24-7-5-6-8-25(24)35(30(33)39)26-13-14-27(36)34(28(26)37)21-22-9-11-23(40-4)12-10-22/h5-12,26H,13-21H2,1-4H3,(H,32,38). The van der Waals surface area contributed by atoms with E-state index < -0.39 is 23.6 Å². The van der Waals surface area contributed by atoms with Crippen LogP contribution >= 0.6 is 0 Å². The zero-order valence-electron chi connectivity index (χ0n) is 25.2. The molecule has 0 bridgehead atoms. The molecule has 0 aliphatic carbocycles. The number of amides is 3. The van der Waals surface area contributed by atoms with Gasteiger partial charge in [-0.1, -0.05) is 24.3 Å². The predicted molar refractivity (Wildman–Crippen MR) is 159 cm³/mol. The molecular weight excluding hydrogens is 556 g/mol. The molecule has 1 N–H and O–H groups in total. The number of rotatable bonds is 13. The summed E-state index contributed by atoms with van der Waals surface area (Å²) < 4.78 is 24.6. The first-order valence-electron chi connectivity index (χ1n) is 14.4. The molecule has 1 fully saturated rings. The Bertz CT molecular complexity index is 1470. The molecule has 2 aromatic carbocycles. The summed E-state index contributed by atoms with van der Waals surface area (Å²) in [5.41, 5.74) is 1.22. The van der Waals surface area contributed by atoms with E-state index in [-0.39, 0.29) is 44.1 Å². The van der Waals surface area contributed by atoms with Gasteiger partial charge in [-0.2, -0.15) is 0 Å². The van der Waals surface area contributed by atoms with E-state index in [2.05, 4.69) is 5.32 Å². The summed E-state index contributed by atoms with van der Waals surface area (Å²) in [6.45, 7) is 7.29. The number of benzene rings is 2. The van der Waals surface area contributed by atoms with Crippen LogP contribution in [0.5, 0.6) is 5.75 Å². The van der Waals surface area contributed by atoms with E-state index in [4.69, 9.17) is 18.9 Å². The number of fused-ring (bicyclic) bond motifs is 1. The van der Waals surface area contributed by atoms with Gasteiger partial charge >= 0.3 is 11.8 Å². The molecule has 3 aromatic rings. The molecule has 1 aliphatic heterocycles. The highest BCUT2D eigenvalue weighted by Crippen LogP contribution is 2.28. The molecule has 43 heavy (non-hydrogen) atoms. The van der Waals surface area contributed by atoms with Crippen molar-refractivity contribution < 1.29 is 33.3 Å². The molecule has 1 saturated heterocycles. The zero-order valence-corrected chi connectivity index (χ0v) is 25.2. The number of imide groups is 1. The van der Waals surface area contributed by atoms with Crippen molar-refractivity contribution in [3.63, 3.8) is 0 Å². The second kappa shape index (κ2) is 14.3. The molecule has 1 unspecified atom stereocenters. The second-order valence-corrected chi connectivity index (χ2v) is 11.2. The van der Waals surface area contributed by atoms with Crippen LogP contribution in [0.2, 0.25) is 0 Å². The molecule has 0 radical (unpaired) electrons. The van der Waals surface area contributed by atoms with Gasteiger partial charge in [0.15, 0.2) is 0 Å². The van der Waals surface area contributed by atoms with Crippen molar-refractivity contribution in [1.82, 2.24) is 19.4 Å². The molecule has 1 atom stereocenters. The number of carbonyl (C=O) groups excluding carboxylic acids is 3. The smallest absolute Gasteiger partial charge is 0.407 e. The fraction of sp³-hybridized carbons (Fsp3) is 0.484. The van der Waals surface area contributed by atoms with Crippen LogP contribution in [0.1, 0.15) is 45.2 Å². The first-order chi connectivity index (χ1) is 20.6. The maximum absolute atomic E-state index is 13.7. The third-order valence-corrected chi connectivity index (χ3v) is 6.91. The molecular formula is C31H40N4O8. The van der Waals surface area contributed by atoms with Crippen molar-refractivity contribution in [2.24, 2.45) is 0 Å². The number of imidazole rings is 1. The minimum absolute atomic E-state index is 0.124. The number of methoxy groups -OCH3 is 1. The van der Waals surface area contributed by atoms with Crippen LogP contribution < -0.4 is 15.7 Å². The summed E-state index contributed by atoms with van der Waals surface area (Å²) in [5.74, 6) is 0.0260. The highest BCUT2D eigenvalue weighted by atomic mass is 16.6. The number of alkyl carbamates (subject to hydrolysis) is 1. The molecule has 2 heterocycles. The van der Waals surface area contributed by atoms with Gasteiger partial charge in [0, 0.05) is 13.0 Å². The Morgan fingerprint density at radius 3 is 2.28 bits per heavy atom. The van der Waals surface area contributed by atoms with Gasteiger partial charge in [0.25, 0.3) is 5.91 Å². The van der Waals surface area contributed by atoms with Gasteiger partial charge in [0.2, 0.25) is 5.91 Å². The van der Waals surface area contributed by atoms with E-state index in [1.165, 1.54) is 9.47 Å². The van der Waals surface area contributed by atoms with E-state index >= 15 is 0 Å². The number of piperidine rings is 1. The van der Waals surface area contributed by atoms with Crippen LogP contribution in [0, 0.1) is 0 Å². The predicted octanol–water partition coefficient (Wildman–Crippen LogP) is 3.26. The monoisotopic (exact) mass is 596 g/mol. The normalized spacial score (nSPS) is 15.6. The number of aromatic nitrogens is 2. The number of hydrogen-bond acceptors (Lipinski definition) is 8. The Morgan fingerprint density at radius 2 is 1.60 bits per heavy atom. The summed E-state index contributed by atoms with van der Waals surface area (Å²) in [7, 11) is 1.57. The maximum Gasteiger partial charge on any atom is 0.407 e. The Morgan fingerprint density at radius 1 is 0.930 bits per heavy atom. The van der Waals surface area contributed by atoms with Crippen molar-refractivity contribution in [2.45, 2.75) is 58.3 Å². The Hall–Kier alpha value is -4.16. The summed E-state index contributed by atoms with van der Waals surface area (Å²) in [4.78, 5) is 52.9. The Balaban J connectivity index is 1.34. The molecule has 12 nitrogen and oxygen atoms in total. The summed E-state index contributed by atoms with van der Waals surface area (Å²) in [6.07, 6.45) is -0.0839. The van der Waals surface area contributed by atoms with Crippen molar-refractivity contribution in [3.8, 4) is 5.75 Å². The largest absolute Gasteiger partial charge is 0.497 e. The summed E-state index contributed by atoms with van der Waals surface area (Å²) >= 11 is 0. The average Bonchev–Trinajstić information content (AvgIpc) is 3.24. The van der Waals surface area contributed by atoms with E-state index in [1.807, 2.05) is 36.4 Å². The van der Waals surface area contributed by atoms with E-state index in [0.717, 1.165) is 5.56 Å². The number of para-hydroxylation sites is 2. The summed E-state index contributed by atoms with van der Waals surface area (Å²) in [5, 5.41) is 2.62. The first kappa shape index (κ1) is 31.8. The minimum atomic E-state index is -0.793. The van der Waals surface area contributed by atoms with Gasteiger partial charge in [-0.25, -0.2) is 9.59 Å². The summed E-state index contributed by atoms with van der Waals surface area (Å²) in [6, 6.07) is 13.7. The van der Waals surface area contributed by atoms with Crippen LogP contribution in [-0.4, -0.2) is 77.6 Å². The van der Waals surface area contributed by atoms with Crippen LogP contribution in [0.3, 0.4) is 0 Å². The van der Waals surface area contributed by atoms with Crippen molar-refractivity contribution in [1.29, 1.82) is 0 Å². The highest BCUT2D eigenvalue weighted by Gasteiger charge is 2.37. The van der Waals surface area contributed by atoms with Crippen molar-refractivity contribution >= 4 is 28.9 Å². The van der Waals surface area contributed by atoms with E-state index in [1.54, 1.807) is 44.6 Å². The van der Waals surface area contributed by atoms with Gasteiger partial charge < -0.3 is 24.3 Å². The third-order valence-electron chi connectivity index (χ3n) is 6.91. The molecule has 1 aromatic heterocycles. The van der Waals surface area contributed by atoms with E-state index in [9.17, 15) is 19.2 Å². The fourth-order valence-corrected chi connectivity index (χ4v) is 4.91. The van der Waals surface area contributed by atoms with Gasteiger partial charge in [-0.3, -0.25) is 23.6 Å². The lowest BCUT2D eigenvalue weighted by Crippen LogP contribution is -2.47. The number of ether oxygens (including phenoxy) is 4. The molecule has 12 heteroatoms. The molecule has 232 valence electrons. The number of nitrogens with zero attached hydrogens (tertiary/aromatic N) is 3. The third kappa shape index (κ3) is 8.23. The molecule has 1 aliphatic rings. The highest BCUT2D eigenvalue weighted by molar-refractivity contribution is 6.00. The topological polar surface area (TPSA) is 130 Å². The van der Waals surface area contributed by atoms with Gasteiger partial charge in [0.05, 0.1) is 57.7 Å². The van der Waals surface area contributed by atoms with Gasteiger partial charge in [-0.05, 0) is 57.0 Å². The lowest BCUT2D eigenvalue weighted by atomic mass is 10.0. The fourth-order valence-electron chi connectivity index (χ4n) is 4.91. The molecule has 0 spiro atoms. The van der Waals surface area contributed by atoms with Gasteiger partial charge in [0.1, 0.15) is 17.4 Å². The number of hydrogen-bond donors (Lipinski definition) is 1. The lowest BCUT2D eigenvalue weighted by molar-refractivity contribution is -0.151. The van der Waals surface area contributed by atoms with Crippen LogP contribution in [0.25, 0.3) is 11.0 Å². The lowest BCUT2D eigenvalue weighted by Gasteiger charge is -2.31. The number of likely N-dealkylation sites (tertiary alicyclic amines) is 1. The minimum Gasteiger partial charge on any atom is -0.497 e. The van der Waals surface area contributed by atoms with Crippen molar-refractivity contribution in [2.75, 3.05) is 40.1 Å². The number of carbonyl (C=O) groups is 3. The van der Waals surface area contributed by atoms with E-state index in [0.29, 0.717) is 43.1 Å². The number of nitrogens with one attached hydrogen (secondary N) is 1. The molecule has 0 saturated carbocycles. The Kier molecular flexibility index (Phi) is 10.6. The van der Waals surface area contributed by atoms with Crippen LogP contribution in [-0.2, 0) is 36.9 Å². The first-order valence-corrected chi connectivity index (χ1v) is 14.4. The second-order valence-electron chi connectivity index (χ2n) is 11.2. The van der Waals surface area contributed by atoms with Crippen LogP contribution in [0.4, 0.5) is 4.79 Å². The quantitative estimate of drug-likeness (QED) is 0.235.